The summed E-state index contributed by atoms with van der Waals surface area (Å²) in [6.07, 6.45) is 10.5. The van der Waals surface area contributed by atoms with Crippen LogP contribution in [-0.4, -0.2) is 32.4 Å². The smallest absolute Gasteiger partial charge is 0.316 e. The predicted octanol–water partition coefficient (Wildman–Crippen LogP) is 3.44. The van der Waals surface area contributed by atoms with Crippen molar-refractivity contribution in [2.45, 2.75) is 39.2 Å². The van der Waals surface area contributed by atoms with Crippen molar-refractivity contribution in [1.82, 2.24) is 19.9 Å². The molecular formula is C19H23N5O. The van der Waals surface area contributed by atoms with Crippen LogP contribution >= 0.6 is 0 Å². The molecule has 3 heterocycles. The number of nitrogens with one attached hydrogen (secondary N) is 1. The maximum Gasteiger partial charge on any atom is 0.322 e. The summed E-state index contributed by atoms with van der Waals surface area (Å²) in [5.41, 5.74) is 1.73. The quantitative estimate of drug-likeness (QED) is 0.928. The van der Waals surface area contributed by atoms with Gasteiger partial charge in [-0.25, -0.2) is 14.8 Å². The van der Waals surface area contributed by atoms with E-state index in [1.54, 1.807) is 18.6 Å². The van der Waals surface area contributed by atoms with Crippen molar-refractivity contribution >= 4 is 11.7 Å². The summed E-state index contributed by atoms with van der Waals surface area (Å²) >= 11 is 0. The summed E-state index contributed by atoms with van der Waals surface area (Å²) in [5, 5.41) is 2.92. The van der Waals surface area contributed by atoms with Gasteiger partial charge in [0.15, 0.2) is 0 Å². The molecule has 1 aliphatic carbocycles. The lowest BCUT2D eigenvalue weighted by Crippen LogP contribution is -2.59. The van der Waals surface area contributed by atoms with E-state index < -0.39 is 0 Å². The van der Waals surface area contributed by atoms with E-state index in [1.165, 1.54) is 12.8 Å². The average molecular weight is 337 g/mol. The fourth-order valence-corrected chi connectivity index (χ4v) is 3.58. The highest BCUT2D eigenvalue weighted by Crippen LogP contribution is 2.48. The highest BCUT2D eigenvalue weighted by atomic mass is 16.2. The van der Waals surface area contributed by atoms with Crippen LogP contribution in [0.2, 0.25) is 0 Å². The average Bonchev–Trinajstić information content (AvgIpc) is 3.40. The van der Waals surface area contributed by atoms with Crippen molar-refractivity contribution < 1.29 is 4.79 Å². The van der Waals surface area contributed by atoms with E-state index in [0.29, 0.717) is 12.2 Å². The Labute approximate surface area is 147 Å². The summed E-state index contributed by atoms with van der Waals surface area (Å²) in [6, 6.07) is 3.84. The van der Waals surface area contributed by atoms with E-state index in [1.807, 2.05) is 23.2 Å². The number of urea groups is 1. The molecule has 2 amide bonds. The molecule has 0 radical (unpaired) electrons. The zero-order valence-electron chi connectivity index (χ0n) is 14.6. The molecule has 1 aliphatic heterocycles. The minimum Gasteiger partial charge on any atom is -0.316 e. The van der Waals surface area contributed by atoms with Gasteiger partial charge in [0, 0.05) is 30.8 Å². The van der Waals surface area contributed by atoms with E-state index in [0.717, 1.165) is 23.7 Å². The Bertz CT molecular complexity index is 755. The second-order valence-corrected chi connectivity index (χ2v) is 7.77. The summed E-state index contributed by atoms with van der Waals surface area (Å²) in [4.78, 5) is 27.4. The number of pyridine rings is 1. The summed E-state index contributed by atoms with van der Waals surface area (Å²) in [5.74, 6) is 1.61. The van der Waals surface area contributed by atoms with Gasteiger partial charge in [0.05, 0.1) is 24.1 Å². The molecule has 2 aromatic rings. The van der Waals surface area contributed by atoms with Crippen LogP contribution in [-0.2, 0) is 6.42 Å². The van der Waals surface area contributed by atoms with Gasteiger partial charge in [0.2, 0.25) is 0 Å². The van der Waals surface area contributed by atoms with Gasteiger partial charge in [-0.15, -0.1) is 0 Å². The second-order valence-electron chi connectivity index (χ2n) is 7.77. The van der Waals surface area contributed by atoms with E-state index >= 15 is 0 Å². The van der Waals surface area contributed by atoms with Crippen LogP contribution in [0.25, 0.3) is 0 Å². The van der Waals surface area contributed by atoms with Gasteiger partial charge in [-0.3, -0.25) is 4.98 Å². The lowest BCUT2D eigenvalue weighted by Gasteiger charge is -2.54. The normalized spacial score (nSPS) is 21.5. The highest BCUT2D eigenvalue weighted by Gasteiger charge is 2.49. The molecule has 2 aromatic heterocycles. The van der Waals surface area contributed by atoms with Gasteiger partial charge in [0.25, 0.3) is 0 Å². The third kappa shape index (κ3) is 3.34. The molecule has 1 saturated heterocycles. The number of anilines is 1. The monoisotopic (exact) mass is 337 g/mol. The first-order chi connectivity index (χ1) is 12.0. The molecule has 2 fully saturated rings. The van der Waals surface area contributed by atoms with E-state index in [9.17, 15) is 4.79 Å². The van der Waals surface area contributed by atoms with Gasteiger partial charge in [-0.2, -0.15) is 0 Å². The molecular weight excluding hydrogens is 314 g/mol. The Kier molecular flexibility index (Phi) is 3.90. The minimum atomic E-state index is -0.119. The van der Waals surface area contributed by atoms with Crippen molar-refractivity contribution in [3.05, 3.63) is 48.3 Å². The van der Waals surface area contributed by atoms with Gasteiger partial charge in [-0.05, 0) is 30.4 Å². The first kappa shape index (κ1) is 16.0. The Hall–Kier alpha value is -2.50. The van der Waals surface area contributed by atoms with Crippen LogP contribution in [0.3, 0.4) is 0 Å². The zero-order valence-corrected chi connectivity index (χ0v) is 14.6. The van der Waals surface area contributed by atoms with E-state index in [-0.39, 0.29) is 17.5 Å². The number of carbonyl (C=O) groups excluding carboxylic acids is 1. The van der Waals surface area contributed by atoms with Crippen LogP contribution in [0.1, 0.15) is 44.1 Å². The molecule has 2 aliphatic rings. The molecule has 0 unspecified atom stereocenters. The molecule has 130 valence electrons. The second kappa shape index (κ2) is 6.10. The lowest BCUT2D eigenvalue weighted by atomic mass is 9.72. The van der Waals surface area contributed by atoms with Gasteiger partial charge >= 0.3 is 6.03 Å². The van der Waals surface area contributed by atoms with Crippen LogP contribution in [0.5, 0.6) is 0 Å². The summed E-state index contributed by atoms with van der Waals surface area (Å²) in [7, 11) is 0. The van der Waals surface area contributed by atoms with Crippen molar-refractivity contribution in [2.24, 2.45) is 11.3 Å². The third-order valence-corrected chi connectivity index (χ3v) is 5.02. The number of aromatic nitrogens is 3. The molecule has 0 aromatic carbocycles. The molecule has 25 heavy (non-hydrogen) atoms. The number of hydrogen-bond donors (Lipinski definition) is 1. The summed E-state index contributed by atoms with van der Waals surface area (Å²) < 4.78 is 0. The topological polar surface area (TPSA) is 71.0 Å². The first-order valence-electron chi connectivity index (χ1n) is 8.81. The van der Waals surface area contributed by atoms with E-state index in [4.69, 9.17) is 0 Å². The molecule has 4 rings (SSSR count). The van der Waals surface area contributed by atoms with Crippen molar-refractivity contribution in [2.75, 3.05) is 11.9 Å². The zero-order chi connectivity index (χ0) is 17.4. The number of hydrogen-bond acceptors (Lipinski definition) is 4. The number of likely N-dealkylation sites (tertiary alicyclic amines) is 1. The molecule has 1 saturated carbocycles. The Balaban J connectivity index is 1.43. The highest BCUT2D eigenvalue weighted by molar-refractivity contribution is 5.90. The van der Waals surface area contributed by atoms with Crippen LogP contribution in [0, 0.1) is 11.3 Å². The third-order valence-electron chi connectivity index (χ3n) is 5.02. The van der Waals surface area contributed by atoms with Crippen LogP contribution in [0.15, 0.2) is 36.9 Å². The number of amides is 2. The van der Waals surface area contributed by atoms with Gasteiger partial charge in [0.1, 0.15) is 5.82 Å². The Morgan fingerprint density at radius 2 is 2.04 bits per heavy atom. The number of rotatable bonds is 4. The van der Waals surface area contributed by atoms with Gasteiger partial charge in [-0.1, -0.05) is 19.9 Å². The number of nitrogens with zero attached hydrogens (tertiary/aromatic N) is 4. The van der Waals surface area contributed by atoms with Crippen LogP contribution < -0.4 is 5.32 Å². The first-order valence-corrected chi connectivity index (χ1v) is 8.81. The fraction of sp³-hybridized carbons (Fsp3) is 0.474. The molecule has 0 bridgehead atoms. The number of carbonyl (C=O) groups is 1. The molecule has 6 nitrogen and oxygen atoms in total. The minimum absolute atomic E-state index is 0.0243. The van der Waals surface area contributed by atoms with E-state index in [2.05, 4.69) is 34.1 Å². The predicted molar refractivity (Wildman–Crippen MR) is 94.9 cm³/mol. The Morgan fingerprint density at radius 3 is 2.64 bits per heavy atom. The maximum atomic E-state index is 12.7. The SMILES string of the molecule is CC1(C)CN(C(=O)Nc2cnc(CC3CC3)nc2)[C@@H]1c1cccnc1. The fourth-order valence-electron chi connectivity index (χ4n) is 3.58. The van der Waals surface area contributed by atoms with Crippen molar-refractivity contribution in [1.29, 1.82) is 0 Å². The largest absolute Gasteiger partial charge is 0.322 e. The standard InChI is InChI=1S/C19H23N5O/c1-19(2)12-24(17(19)14-4-3-7-20-9-14)18(25)23-15-10-21-16(22-11-15)8-13-5-6-13/h3-4,7,9-11,13,17H,5-6,8,12H2,1-2H3,(H,23,25)/t17-/m1/s1. The Morgan fingerprint density at radius 1 is 1.28 bits per heavy atom. The molecule has 0 spiro atoms. The van der Waals surface area contributed by atoms with Crippen LogP contribution in [0.4, 0.5) is 10.5 Å². The lowest BCUT2D eigenvalue weighted by molar-refractivity contribution is -0.0117. The van der Waals surface area contributed by atoms with Gasteiger partial charge < -0.3 is 10.2 Å². The summed E-state index contributed by atoms with van der Waals surface area (Å²) in [6.45, 7) is 5.05. The molecule has 1 N–H and O–H groups in total. The maximum absolute atomic E-state index is 12.7. The molecule has 1 atom stereocenters. The molecule has 6 heteroatoms. The van der Waals surface area contributed by atoms with Crippen molar-refractivity contribution in [3.63, 3.8) is 0 Å². The van der Waals surface area contributed by atoms with Crippen molar-refractivity contribution in [3.8, 4) is 0 Å².